The van der Waals surface area contributed by atoms with Gasteiger partial charge in [0.2, 0.25) is 0 Å². The van der Waals surface area contributed by atoms with Crippen LogP contribution >= 0.6 is 0 Å². The zero-order valence-corrected chi connectivity index (χ0v) is 10.8. The van der Waals surface area contributed by atoms with Gasteiger partial charge in [-0.3, -0.25) is 9.78 Å². The predicted octanol–water partition coefficient (Wildman–Crippen LogP) is 3.38. The highest BCUT2D eigenvalue weighted by molar-refractivity contribution is 5.98. The van der Waals surface area contributed by atoms with Gasteiger partial charge in [0.25, 0.3) is 0 Å². The Bertz CT molecular complexity index is 543. The van der Waals surface area contributed by atoms with Gasteiger partial charge in [0.1, 0.15) is 0 Å². The van der Waals surface area contributed by atoms with E-state index in [2.05, 4.69) is 24.0 Å². The van der Waals surface area contributed by atoms with E-state index in [1.807, 2.05) is 25.1 Å². The summed E-state index contributed by atoms with van der Waals surface area (Å²) in [6.07, 6.45) is 3.18. The lowest BCUT2D eigenvalue weighted by Gasteiger charge is -2.05. The number of nitrogens with zero attached hydrogens (tertiary/aromatic N) is 1. The summed E-state index contributed by atoms with van der Waals surface area (Å²) >= 11 is 0. The lowest BCUT2D eigenvalue weighted by Crippen LogP contribution is -2.06. The Morgan fingerprint density at radius 3 is 2.39 bits per heavy atom. The van der Waals surface area contributed by atoms with Gasteiger partial charge in [-0.2, -0.15) is 0 Å². The third-order valence-electron chi connectivity index (χ3n) is 3.10. The van der Waals surface area contributed by atoms with E-state index in [0.29, 0.717) is 6.42 Å². The molecular formula is C16H17NO. The molecule has 0 aliphatic heterocycles. The molecule has 0 unspecified atom stereocenters. The van der Waals surface area contributed by atoms with Crippen LogP contribution in [0, 0.1) is 6.92 Å². The molecule has 0 aliphatic carbocycles. The zero-order valence-electron chi connectivity index (χ0n) is 10.8. The molecule has 0 aliphatic rings. The van der Waals surface area contributed by atoms with Crippen molar-refractivity contribution in [1.82, 2.24) is 4.98 Å². The molecule has 0 saturated carbocycles. The van der Waals surface area contributed by atoms with Crippen molar-refractivity contribution in [1.29, 1.82) is 0 Å². The summed E-state index contributed by atoms with van der Waals surface area (Å²) in [5.74, 6) is 0.129. The largest absolute Gasteiger partial charge is 0.294 e. The smallest absolute Gasteiger partial charge is 0.169 e. The van der Waals surface area contributed by atoms with Crippen molar-refractivity contribution in [2.24, 2.45) is 0 Å². The van der Waals surface area contributed by atoms with Crippen molar-refractivity contribution in [3.8, 4) is 0 Å². The van der Waals surface area contributed by atoms with Crippen LogP contribution in [0.15, 0.2) is 42.6 Å². The lowest BCUT2D eigenvalue weighted by molar-refractivity contribution is 0.0992. The SMILES string of the molecule is CCc1ccc(CC(=O)c2cccnc2C)cc1. The summed E-state index contributed by atoms with van der Waals surface area (Å²) in [6.45, 7) is 3.99. The maximum absolute atomic E-state index is 12.1. The molecule has 0 saturated heterocycles. The Kier molecular flexibility index (Phi) is 3.88. The summed E-state index contributed by atoms with van der Waals surface area (Å²) in [4.78, 5) is 16.3. The van der Waals surface area contributed by atoms with Gasteiger partial charge in [0.05, 0.1) is 0 Å². The van der Waals surface area contributed by atoms with Crippen LogP contribution in [-0.2, 0) is 12.8 Å². The van der Waals surface area contributed by atoms with Crippen LogP contribution in [0.1, 0.15) is 34.1 Å². The number of pyridine rings is 1. The molecule has 1 heterocycles. The number of Topliss-reactive ketones (excluding diaryl/α,β-unsaturated/α-hetero) is 1. The normalized spacial score (nSPS) is 10.3. The summed E-state index contributed by atoms with van der Waals surface area (Å²) in [7, 11) is 0. The average Bonchev–Trinajstić information content (AvgIpc) is 2.40. The molecule has 0 amide bonds. The number of ketones is 1. The minimum atomic E-state index is 0.129. The molecule has 1 aromatic carbocycles. The first kappa shape index (κ1) is 12.5. The Morgan fingerprint density at radius 1 is 1.11 bits per heavy atom. The number of aryl methyl sites for hydroxylation is 2. The minimum absolute atomic E-state index is 0.129. The Morgan fingerprint density at radius 2 is 1.78 bits per heavy atom. The molecule has 0 atom stereocenters. The Labute approximate surface area is 108 Å². The van der Waals surface area contributed by atoms with Gasteiger partial charge in [-0.15, -0.1) is 0 Å². The predicted molar refractivity (Wildman–Crippen MR) is 72.8 cm³/mol. The molecule has 92 valence electrons. The molecule has 0 spiro atoms. The fraction of sp³-hybridized carbons (Fsp3) is 0.250. The minimum Gasteiger partial charge on any atom is -0.294 e. The monoisotopic (exact) mass is 239 g/mol. The summed E-state index contributed by atoms with van der Waals surface area (Å²) in [5, 5.41) is 0. The number of hydrogen-bond donors (Lipinski definition) is 0. The van der Waals surface area contributed by atoms with Crippen molar-refractivity contribution in [2.45, 2.75) is 26.7 Å². The van der Waals surface area contributed by atoms with E-state index in [4.69, 9.17) is 0 Å². The number of carbonyl (C=O) groups excluding carboxylic acids is 1. The molecule has 2 nitrogen and oxygen atoms in total. The highest BCUT2D eigenvalue weighted by Crippen LogP contribution is 2.11. The second-order valence-corrected chi connectivity index (χ2v) is 4.41. The number of rotatable bonds is 4. The molecule has 0 radical (unpaired) electrons. The number of benzene rings is 1. The first-order valence-electron chi connectivity index (χ1n) is 6.23. The third kappa shape index (κ3) is 2.83. The molecule has 2 aromatic rings. The highest BCUT2D eigenvalue weighted by Gasteiger charge is 2.09. The molecule has 2 heteroatoms. The van der Waals surface area contributed by atoms with Gasteiger partial charge in [-0.05, 0) is 36.6 Å². The van der Waals surface area contributed by atoms with Crippen LogP contribution in [0.25, 0.3) is 0 Å². The van der Waals surface area contributed by atoms with Crippen molar-refractivity contribution in [3.05, 3.63) is 65.0 Å². The van der Waals surface area contributed by atoms with E-state index in [1.165, 1.54) is 5.56 Å². The fourth-order valence-corrected chi connectivity index (χ4v) is 1.95. The molecule has 0 N–H and O–H groups in total. The topological polar surface area (TPSA) is 30.0 Å². The molecular weight excluding hydrogens is 222 g/mol. The van der Waals surface area contributed by atoms with E-state index in [9.17, 15) is 4.79 Å². The van der Waals surface area contributed by atoms with E-state index in [0.717, 1.165) is 23.2 Å². The second kappa shape index (κ2) is 5.58. The van der Waals surface area contributed by atoms with E-state index in [-0.39, 0.29) is 5.78 Å². The zero-order chi connectivity index (χ0) is 13.0. The number of aromatic nitrogens is 1. The van der Waals surface area contributed by atoms with Crippen LogP contribution in [-0.4, -0.2) is 10.8 Å². The van der Waals surface area contributed by atoms with Crippen molar-refractivity contribution >= 4 is 5.78 Å². The van der Waals surface area contributed by atoms with Gasteiger partial charge in [-0.1, -0.05) is 31.2 Å². The standard InChI is InChI=1S/C16H17NO/c1-3-13-6-8-14(9-7-13)11-16(18)15-5-4-10-17-12(15)2/h4-10H,3,11H2,1-2H3. The van der Waals surface area contributed by atoms with Crippen LogP contribution < -0.4 is 0 Å². The highest BCUT2D eigenvalue weighted by atomic mass is 16.1. The lowest BCUT2D eigenvalue weighted by atomic mass is 10.0. The first-order valence-corrected chi connectivity index (χ1v) is 6.23. The van der Waals surface area contributed by atoms with Crippen LogP contribution in [0.2, 0.25) is 0 Å². The summed E-state index contributed by atoms with van der Waals surface area (Å²) in [6, 6.07) is 11.9. The number of hydrogen-bond acceptors (Lipinski definition) is 2. The van der Waals surface area contributed by atoms with E-state index >= 15 is 0 Å². The first-order chi connectivity index (χ1) is 8.70. The molecule has 1 aromatic heterocycles. The van der Waals surface area contributed by atoms with E-state index in [1.54, 1.807) is 12.3 Å². The summed E-state index contributed by atoms with van der Waals surface area (Å²) in [5.41, 5.74) is 3.87. The number of carbonyl (C=O) groups is 1. The van der Waals surface area contributed by atoms with Crippen molar-refractivity contribution < 1.29 is 4.79 Å². The van der Waals surface area contributed by atoms with Gasteiger partial charge >= 0.3 is 0 Å². The van der Waals surface area contributed by atoms with Crippen LogP contribution in [0.4, 0.5) is 0 Å². The van der Waals surface area contributed by atoms with E-state index < -0.39 is 0 Å². The van der Waals surface area contributed by atoms with Gasteiger partial charge in [-0.25, -0.2) is 0 Å². The summed E-state index contributed by atoms with van der Waals surface area (Å²) < 4.78 is 0. The van der Waals surface area contributed by atoms with Gasteiger partial charge in [0.15, 0.2) is 5.78 Å². The van der Waals surface area contributed by atoms with Crippen LogP contribution in [0.5, 0.6) is 0 Å². The Hall–Kier alpha value is -1.96. The Balaban J connectivity index is 2.14. The van der Waals surface area contributed by atoms with Gasteiger partial charge in [0, 0.05) is 23.9 Å². The second-order valence-electron chi connectivity index (χ2n) is 4.41. The average molecular weight is 239 g/mol. The third-order valence-corrected chi connectivity index (χ3v) is 3.10. The van der Waals surface area contributed by atoms with Crippen molar-refractivity contribution in [2.75, 3.05) is 0 Å². The molecule has 0 fully saturated rings. The fourth-order valence-electron chi connectivity index (χ4n) is 1.95. The molecule has 0 bridgehead atoms. The quantitative estimate of drug-likeness (QED) is 0.766. The maximum Gasteiger partial charge on any atom is 0.169 e. The maximum atomic E-state index is 12.1. The van der Waals surface area contributed by atoms with Crippen molar-refractivity contribution in [3.63, 3.8) is 0 Å². The van der Waals surface area contributed by atoms with Crippen LogP contribution in [0.3, 0.4) is 0 Å². The van der Waals surface area contributed by atoms with Gasteiger partial charge < -0.3 is 0 Å². The molecule has 18 heavy (non-hydrogen) atoms. The molecule has 2 rings (SSSR count).